The molecule has 20 heavy (non-hydrogen) atoms. The first-order valence-corrected chi connectivity index (χ1v) is 6.48. The number of urea groups is 1. The fourth-order valence-corrected chi connectivity index (χ4v) is 4.05. The number of carbonyl (C=O) groups is 3. The van der Waals surface area contributed by atoms with Crippen LogP contribution in [0.2, 0.25) is 0 Å². The van der Waals surface area contributed by atoms with Gasteiger partial charge in [0, 0.05) is 14.1 Å². The molecule has 2 heterocycles. The summed E-state index contributed by atoms with van der Waals surface area (Å²) >= 11 is 0. The third-order valence-electron chi connectivity index (χ3n) is 5.56. The summed E-state index contributed by atoms with van der Waals surface area (Å²) in [7, 11) is 3.46. The first-order chi connectivity index (χ1) is 9.17. The van der Waals surface area contributed by atoms with E-state index in [1.165, 1.54) is 4.90 Å². The predicted molar refractivity (Wildman–Crippen MR) is 70.1 cm³/mol. The lowest BCUT2D eigenvalue weighted by Crippen LogP contribution is -2.89. The number of hydrogen-bond donors (Lipinski definition) is 2. The zero-order valence-corrected chi connectivity index (χ0v) is 12.0. The molecule has 3 rings (SSSR count). The normalized spacial score (nSPS) is 43.4. The summed E-state index contributed by atoms with van der Waals surface area (Å²) in [5, 5.41) is 5.05. The van der Waals surface area contributed by atoms with Gasteiger partial charge < -0.3 is 15.1 Å². The maximum atomic E-state index is 12.4. The minimum absolute atomic E-state index is 0.220. The van der Waals surface area contributed by atoms with Crippen molar-refractivity contribution in [3.05, 3.63) is 12.4 Å². The Balaban J connectivity index is 2.15. The van der Waals surface area contributed by atoms with Gasteiger partial charge in [-0.25, -0.2) is 4.79 Å². The smallest absolute Gasteiger partial charge is 0.324 e. The summed E-state index contributed by atoms with van der Waals surface area (Å²) in [5.74, 6) is -0.117. The molecular weight excluding hydrogens is 260 g/mol. The van der Waals surface area contributed by atoms with Crippen molar-refractivity contribution < 1.29 is 14.4 Å². The Labute approximate surface area is 117 Å². The van der Waals surface area contributed by atoms with Crippen LogP contribution in [0.15, 0.2) is 12.4 Å². The van der Waals surface area contributed by atoms with Crippen molar-refractivity contribution in [3.8, 4) is 0 Å². The summed E-state index contributed by atoms with van der Waals surface area (Å²) in [5.41, 5.74) is -1.84. The van der Waals surface area contributed by atoms with Gasteiger partial charge in [0.1, 0.15) is 5.82 Å². The molecule has 7 nitrogen and oxygen atoms in total. The van der Waals surface area contributed by atoms with Crippen LogP contribution in [0.3, 0.4) is 0 Å². The van der Waals surface area contributed by atoms with Crippen LogP contribution in [0.4, 0.5) is 4.79 Å². The average Bonchev–Trinajstić information content (AvgIpc) is 2.37. The van der Waals surface area contributed by atoms with Crippen molar-refractivity contribution in [2.24, 2.45) is 10.8 Å². The molecule has 0 aromatic heterocycles. The average molecular weight is 278 g/mol. The van der Waals surface area contributed by atoms with Crippen LogP contribution in [0.25, 0.3) is 0 Å². The molecule has 108 valence electrons. The standard InChI is InChI=1S/C13H18N4O3/c1-6-14-9(18)12(2)7(16(6)4)8-13(12,3)10(19)15-11(20)17(8)5/h7-8H,1H2,2-5H3,(H,14,18)(H,15,19,20)/t7?,8?,12-,13+/m1/s1. The zero-order chi connectivity index (χ0) is 15.0. The van der Waals surface area contributed by atoms with Gasteiger partial charge in [-0.3, -0.25) is 14.9 Å². The maximum Gasteiger partial charge on any atom is 0.324 e. The minimum atomic E-state index is -0.945. The molecule has 0 aromatic rings. The van der Waals surface area contributed by atoms with Gasteiger partial charge in [-0.05, 0) is 13.8 Å². The van der Waals surface area contributed by atoms with Crippen molar-refractivity contribution in [2.45, 2.75) is 25.9 Å². The molecule has 3 aliphatic rings. The quantitative estimate of drug-likeness (QED) is 0.624. The van der Waals surface area contributed by atoms with Gasteiger partial charge in [0.15, 0.2) is 0 Å². The van der Waals surface area contributed by atoms with Crippen molar-refractivity contribution in [2.75, 3.05) is 14.1 Å². The molecule has 0 aromatic carbocycles. The molecule has 3 fully saturated rings. The lowest BCUT2D eigenvalue weighted by Gasteiger charge is -2.71. The monoisotopic (exact) mass is 278 g/mol. The Morgan fingerprint density at radius 2 is 1.40 bits per heavy atom. The number of amides is 4. The second-order valence-electron chi connectivity index (χ2n) is 6.18. The van der Waals surface area contributed by atoms with E-state index in [0.29, 0.717) is 5.82 Å². The van der Waals surface area contributed by atoms with Crippen molar-refractivity contribution >= 4 is 17.8 Å². The highest BCUT2D eigenvalue weighted by molar-refractivity contribution is 6.07. The Morgan fingerprint density at radius 3 is 1.95 bits per heavy atom. The third kappa shape index (κ3) is 1.03. The number of likely N-dealkylation sites (N-methyl/N-ethyl adjacent to an activating group) is 2. The molecule has 0 radical (unpaired) electrons. The Kier molecular flexibility index (Phi) is 2.16. The summed E-state index contributed by atoms with van der Waals surface area (Å²) in [6.45, 7) is 7.33. The molecule has 2 N–H and O–H groups in total. The van der Waals surface area contributed by atoms with Crippen LogP contribution < -0.4 is 10.6 Å². The molecule has 2 unspecified atom stereocenters. The van der Waals surface area contributed by atoms with Crippen LogP contribution in [-0.4, -0.2) is 53.8 Å². The van der Waals surface area contributed by atoms with Crippen LogP contribution in [0.1, 0.15) is 13.8 Å². The van der Waals surface area contributed by atoms with E-state index < -0.39 is 16.9 Å². The number of nitrogens with zero attached hydrogens (tertiary/aromatic N) is 2. The van der Waals surface area contributed by atoms with Gasteiger partial charge in [0.25, 0.3) is 0 Å². The van der Waals surface area contributed by atoms with Crippen LogP contribution in [0, 0.1) is 10.8 Å². The topological polar surface area (TPSA) is 81.8 Å². The molecule has 0 spiro atoms. The van der Waals surface area contributed by atoms with E-state index in [0.717, 1.165) is 0 Å². The van der Waals surface area contributed by atoms with Gasteiger partial charge in [-0.15, -0.1) is 0 Å². The van der Waals surface area contributed by atoms with Gasteiger partial charge in [-0.2, -0.15) is 0 Å². The summed E-state index contributed by atoms with van der Waals surface area (Å²) in [6, 6.07) is -1.03. The van der Waals surface area contributed by atoms with Crippen molar-refractivity contribution in [3.63, 3.8) is 0 Å². The molecule has 7 heteroatoms. The second-order valence-corrected chi connectivity index (χ2v) is 6.18. The number of hydrogen-bond acceptors (Lipinski definition) is 4. The van der Waals surface area contributed by atoms with Crippen LogP contribution in [-0.2, 0) is 9.59 Å². The number of nitrogens with one attached hydrogen (secondary N) is 2. The molecule has 1 saturated carbocycles. The lowest BCUT2D eigenvalue weighted by molar-refractivity contribution is -0.213. The Bertz CT molecular complexity index is 524. The molecule has 4 amide bonds. The third-order valence-corrected chi connectivity index (χ3v) is 5.56. The number of fused-ring (bicyclic) bond motifs is 4. The van der Waals surface area contributed by atoms with Gasteiger partial charge in [-0.1, -0.05) is 6.58 Å². The fourth-order valence-electron chi connectivity index (χ4n) is 4.05. The molecule has 1 aliphatic carbocycles. The largest absolute Gasteiger partial charge is 0.355 e. The van der Waals surface area contributed by atoms with Crippen LogP contribution in [0.5, 0.6) is 0 Å². The fraction of sp³-hybridized carbons (Fsp3) is 0.615. The zero-order valence-electron chi connectivity index (χ0n) is 12.0. The van der Waals surface area contributed by atoms with E-state index in [4.69, 9.17) is 0 Å². The SMILES string of the molecule is C=C1NC(=O)[C@@]2(C)C(C3N(C)C(=O)NC(=O)[C@]32C)N1C. The number of carbonyl (C=O) groups excluding carboxylic acids is 3. The summed E-state index contributed by atoms with van der Waals surface area (Å²) in [6.07, 6.45) is 0. The molecule has 2 saturated heterocycles. The van der Waals surface area contributed by atoms with E-state index in [-0.39, 0.29) is 23.9 Å². The van der Waals surface area contributed by atoms with Crippen molar-refractivity contribution in [1.29, 1.82) is 0 Å². The molecule has 4 atom stereocenters. The van der Waals surface area contributed by atoms with E-state index in [2.05, 4.69) is 17.2 Å². The number of rotatable bonds is 0. The Morgan fingerprint density at radius 1 is 0.950 bits per heavy atom. The lowest BCUT2D eigenvalue weighted by atomic mass is 9.42. The van der Waals surface area contributed by atoms with E-state index in [9.17, 15) is 14.4 Å². The highest BCUT2D eigenvalue weighted by Crippen LogP contribution is 2.62. The molecular formula is C13H18N4O3. The summed E-state index contributed by atoms with van der Waals surface area (Å²) in [4.78, 5) is 40.0. The van der Waals surface area contributed by atoms with Crippen LogP contribution >= 0.6 is 0 Å². The first-order valence-electron chi connectivity index (χ1n) is 6.48. The molecule has 0 bridgehead atoms. The van der Waals surface area contributed by atoms with E-state index in [1.807, 2.05) is 11.9 Å². The number of imide groups is 1. The van der Waals surface area contributed by atoms with Crippen molar-refractivity contribution in [1.82, 2.24) is 20.4 Å². The van der Waals surface area contributed by atoms with E-state index >= 15 is 0 Å². The van der Waals surface area contributed by atoms with Gasteiger partial charge >= 0.3 is 6.03 Å². The summed E-state index contributed by atoms with van der Waals surface area (Å²) < 4.78 is 0. The van der Waals surface area contributed by atoms with Gasteiger partial charge in [0.05, 0.1) is 22.9 Å². The van der Waals surface area contributed by atoms with E-state index in [1.54, 1.807) is 20.9 Å². The first kappa shape index (κ1) is 13.0. The minimum Gasteiger partial charge on any atom is -0.355 e. The maximum absolute atomic E-state index is 12.4. The second kappa shape index (κ2) is 3.34. The Hall–Kier alpha value is -2.05. The predicted octanol–water partition coefficient (Wildman–Crippen LogP) is -0.536. The van der Waals surface area contributed by atoms with Gasteiger partial charge in [0.2, 0.25) is 11.8 Å². The highest BCUT2D eigenvalue weighted by atomic mass is 16.2. The highest BCUT2D eigenvalue weighted by Gasteiger charge is 2.79. The molecule has 2 aliphatic heterocycles.